The number of nitrogens with two attached hydrogens (primary N) is 1. The van der Waals surface area contributed by atoms with Crippen LogP contribution in [-0.4, -0.2) is 43.0 Å². The van der Waals surface area contributed by atoms with E-state index in [2.05, 4.69) is 17.1 Å². The molecule has 4 heteroatoms. The molecule has 110 valence electrons. The van der Waals surface area contributed by atoms with Crippen molar-refractivity contribution in [2.75, 3.05) is 26.2 Å². The Morgan fingerprint density at radius 3 is 2.47 bits per heavy atom. The van der Waals surface area contributed by atoms with E-state index in [1.807, 2.05) is 0 Å². The maximum Gasteiger partial charge on any atom is 0.223 e. The maximum atomic E-state index is 12.2. The minimum absolute atomic E-state index is 0.226. The van der Waals surface area contributed by atoms with Crippen molar-refractivity contribution >= 4 is 5.91 Å². The second-order valence-corrected chi connectivity index (χ2v) is 6.37. The number of nitrogens with one attached hydrogen (secondary N) is 1. The lowest BCUT2D eigenvalue weighted by atomic mass is 9.81. The van der Waals surface area contributed by atoms with E-state index in [1.165, 1.54) is 25.9 Å². The zero-order valence-electron chi connectivity index (χ0n) is 12.2. The van der Waals surface area contributed by atoms with Crippen molar-refractivity contribution in [2.45, 2.75) is 51.5 Å². The minimum Gasteiger partial charge on any atom is -0.352 e. The summed E-state index contributed by atoms with van der Waals surface area (Å²) in [6.45, 7) is 6.30. The van der Waals surface area contributed by atoms with Gasteiger partial charge in [-0.1, -0.05) is 0 Å². The zero-order valence-corrected chi connectivity index (χ0v) is 12.2. The first kappa shape index (κ1) is 14.8. The van der Waals surface area contributed by atoms with Gasteiger partial charge in [0.1, 0.15) is 0 Å². The third-order valence-electron chi connectivity index (χ3n) is 4.67. The third kappa shape index (κ3) is 4.46. The van der Waals surface area contributed by atoms with E-state index in [1.54, 1.807) is 0 Å². The van der Waals surface area contributed by atoms with E-state index < -0.39 is 0 Å². The SMILES string of the molecule is CC(CN1CCCC1)NC(=O)C1CCC(CN)CC1. The van der Waals surface area contributed by atoms with Gasteiger partial charge in [0.15, 0.2) is 0 Å². The molecule has 0 radical (unpaired) electrons. The number of amides is 1. The van der Waals surface area contributed by atoms with Crippen LogP contribution in [0.3, 0.4) is 0 Å². The molecule has 1 atom stereocenters. The van der Waals surface area contributed by atoms with Crippen LogP contribution in [-0.2, 0) is 4.79 Å². The molecule has 1 aliphatic heterocycles. The molecular weight excluding hydrogens is 238 g/mol. The minimum atomic E-state index is 0.226. The van der Waals surface area contributed by atoms with Crippen LogP contribution >= 0.6 is 0 Å². The van der Waals surface area contributed by atoms with E-state index in [9.17, 15) is 4.79 Å². The van der Waals surface area contributed by atoms with Crippen LogP contribution in [0.4, 0.5) is 0 Å². The molecule has 1 saturated heterocycles. The molecule has 3 N–H and O–H groups in total. The monoisotopic (exact) mass is 267 g/mol. The van der Waals surface area contributed by atoms with Gasteiger partial charge < -0.3 is 16.0 Å². The topological polar surface area (TPSA) is 58.4 Å². The second kappa shape index (κ2) is 7.25. The standard InChI is InChI=1S/C15H29N3O/c1-12(11-18-8-2-3-9-18)17-15(19)14-6-4-13(10-16)5-7-14/h12-14H,2-11,16H2,1H3,(H,17,19). The van der Waals surface area contributed by atoms with Crippen molar-refractivity contribution in [3.8, 4) is 0 Å². The molecule has 1 amide bonds. The molecular formula is C15H29N3O. The van der Waals surface area contributed by atoms with Gasteiger partial charge in [-0.2, -0.15) is 0 Å². The molecule has 1 saturated carbocycles. The lowest BCUT2D eigenvalue weighted by molar-refractivity contribution is -0.126. The molecule has 0 bridgehead atoms. The molecule has 1 aliphatic carbocycles. The average molecular weight is 267 g/mol. The molecule has 0 aromatic rings. The Labute approximate surface area is 117 Å². The Bertz CT molecular complexity index is 281. The Kier molecular flexibility index (Phi) is 5.64. The van der Waals surface area contributed by atoms with E-state index in [4.69, 9.17) is 5.73 Å². The molecule has 2 aliphatic rings. The van der Waals surface area contributed by atoms with Crippen molar-refractivity contribution in [1.29, 1.82) is 0 Å². The summed E-state index contributed by atoms with van der Waals surface area (Å²) in [6, 6.07) is 0.276. The number of hydrogen-bond acceptors (Lipinski definition) is 3. The van der Waals surface area contributed by atoms with E-state index in [0.29, 0.717) is 5.92 Å². The van der Waals surface area contributed by atoms with Crippen LogP contribution in [0.5, 0.6) is 0 Å². The highest BCUT2D eigenvalue weighted by Crippen LogP contribution is 2.28. The first-order valence-electron chi connectivity index (χ1n) is 7.92. The second-order valence-electron chi connectivity index (χ2n) is 6.37. The summed E-state index contributed by atoms with van der Waals surface area (Å²) in [6.07, 6.45) is 6.89. The van der Waals surface area contributed by atoms with E-state index in [-0.39, 0.29) is 17.9 Å². The van der Waals surface area contributed by atoms with Crippen LogP contribution in [0, 0.1) is 11.8 Å². The number of rotatable bonds is 5. The highest BCUT2D eigenvalue weighted by atomic mass is 16.1. The lowest BCUT2D eigenvalue weighted by Gasteiger charge is -2.28. The number of carbonyl (C=O) groups excluding carboxylic acids is 1. The molecule has 2 fully saturated rings. The van der Waals surface area contributed by atoms with Gasteiger partial charge in [0.2, 0.25) is 5.91 Å². The Morgan fingerprint density at radius 1 is 1.26 bits per heavy atom. The molecule has 0 aromatic heterocycles. The number of nitrogens with zero attached hydrogens (tertiary/aromatic N) is 1. The zero-order chi connectivity index (χ0) is 13.7. The van der Waals surface area contributed by atoms with Gasteiger partial charge in [-0.05, 0) is 71.0 Å². The molecule has 4 nitrogen and oxygen atoms in total. The molecule has 0 spiro atoms. The fourth-order valence-corrected chi connectivity index (χ4v) is 3.42. The van der Waals surface area contributed by atoms with Crippen molar-refractivity contribution in [1.82, 2.24) is 10.2 Å². The maximum absolute atomic E-state index is 12.2. The number of likely N-dealkylation sites (tertiary alicyclic amines) is 1. The van der Waals surface area contributed by atoms with Gasteiger partial charge in [0.25, 0.3) is 0 Å². The summed E-state index contributed by atoms with van der Waals surface area (Å²) in [5.41, 5.74) is 5.69. The van der Waals surface area contributed by atoms with E-state index >= 15 is 0 Å². The van der Waals surface area contributed by atoms with Crippen LogP contribution in [0.1, 0.15) is 45.4 Å². The fourth-order valence-electron chi connectivity index (χ4n) is 3.42. The lowest BCUT2D eigenvalue weighted by Crippen LogP contribution is -2.44. The largest absolute Gasteiger partial charge is 0.352 e. The van der Waals surface area contributed by atoms with Crippen LogP contribution in [0.25, 0.3) is 0 Å². The van der Waals surface area contributed by atoms with Crippen molar-refractivity contribution in [3.63, 3.8) is 0 Å². The van der Waals surface area contributed by atoms with Gasteiger partial charge >= 0.3 is 0 Å². The highest BCUT2D eigenvalue weighted by Gasteiger charge is 2.26. The van der Waals surface area contributed by atoms with Crippen molar-refractivity contribution in [3.05, 3.63) is 0 Å². The predicted octanol–water partition coefficient (Wildman–Crippen LogP) is 1.35. The molecule has 1 heterocycles. The molecule has 19 heavy (non-hydrogen) atoms. The van der Waals surface area contributed by atoms with Gasteiger partial charge in [-0.25, -0.2) is 0 Å². The van der Waals surface area contributed by atoms with Crippen LogP contribution in [0.15, 0.2) is 0 Å². The average Bonchev–Trinajstić information content (AvgIpc) is 2.91. The van der Waals surface area contributed by atoms with Crippen LogP contribution < -0.4 is 11.1 Å². The van der Waals surface area contributed by atoms with Gasteiger partial charge in [-0.3, -0.25) is 4.79 Å². The predicted molar refractivity (Wildman–Crippen MR) is 77.8 cm³/mol. The van der Waals surface area contributed by atoms with Gasteiger partial charge in [0.05, 0.1) is 0 Å². The van der Waals surface area contributed by atoms with Crippen LogP contribution in [0.2, 0.25) is 0 Å². The summed E-state index contributed by atoms with van der Waals surface area (Å²) in [4.78, 5) is 14.7. The first-order valence-corrected chi connectivity index (χ1v) is 7.92. The summed E-state index contributed by atoms with van der Waals surface area (Å²) in [7, 11) is 0. The Balaban J connectivity index is 1.68. The summed E-state index contributed by atoms with van der Waals surface area (Å²) < 4.78 is 0. The smallest absolute Gasteiger partial charge is 0.223 e. The fraction of sp³-hybridized carbons (Fsp3) is 0.933. The molecule has 2 rings (SSSR count). The van der Waals surface area contributed by atoms with Crippen molar-refractivity contribution < 1.29 is 4.79 Å². The highest BCUT2D eigenvalue weighted by molar-refractivity contribution is 5.79. The quantitative estimate of drug-likeness (QED) is 0.790. The van der Waals surface area contributed by atoms with Gasteiger partial charge in [0, 0.05) is 18.5 Å². The first-order chi connectivity index (χ1) is 9.19. The van der Waals surface area contributed by atoms with Crippen molar-refractivity contribution in [2.24, 2.45) is 17.6 Å². The number of hydrogen-bond donors (Lipinski definition) is 2. The Hall–Kier alpha value is -0.610. The molecule has 0 aromatic carbocycles. The van der Waals surface area contributed by atoms with Gasteiger partial charge in [-0.15, -0.1) is 0 Å². The summed E-state index contributed by atoms with van der Waals surface area (Å²) >= 11 is 0. The Morgan fingerprint density at radius 2 is 1.89 bits per heavy atom. The molecule has 1 unspecified atom stereocenters. The summed E-state index contributed by atoms with van der Waals surface area (Å²) in [5, 5.41) is 3.20. The van der Waals surface area contributed by atoms with E-state index in [0.717, 1.165) is 38.8 Å². The third-order valence-corrected chi connectivity index (χ3v) is 4.67. The number of carbonyl (C=O) groups is 1. The normalized spacial score (nSPS) is 30.2. The summed E-state index contributed by atoms with van der Waals surface area (Å²) in [5.74, 6) is 1.14.